The van der Waals surface area contributed by atoms with Gasteiger partial charge in [0.25, 0.3) is 0 Å². The van der Waals surface area contributed by atoms with Crippen molar-refractivity contribution in [3.63, 3.8) is 0 Å². The monoisotopic (exact) mass is 312 g/mol. The molecular formula is C18H16O5. The van der Waals surface area contributed by atoms with E-state index in [4.69, 9.17) is 18.6 Å². The Morgan fingerprint density at radius 2 is 1.70 bits per heavy atom. The summed E-state index contributed by atoms with van der Waals surface area (Å²) in [6.45, 7) is 0.257. The van der Waals surface area contributed by atoms with Crippen molar-refractivity contribution < 1.29 is 23.4 Å². The summed E-state index contributed by atoms with van der Waals surface area (Å²) in [5, 5.41) is 0.835. The van der Waals surface area contributed by atoms with E-state index in [2.05, 4.69) is 0 Å². The molecule has 0 bridgehead atoms. The van der Waals surface area contributed by atoms with Gasteiger partial charge >= 0.3 is 5.97 Å². The van der Waals surface area contributed by atoms with Gasteiger partial charge in [-0.2, -0.15) is 0 Å². The van der Waals surface area contributed by atoms with Crippen molar-refractivity contribution in [3.8, 4) is 11.5 Å². The molecule has 0 radical (unpaired) electrons. The van der Waals surface area contributed by atoms with Gasteiger partial charge in [-0.15, -0.1) is 0 Å². The van der Waals surface area contributed by atoms with E-state index in [1.165, 1.54) is 7.11 Å². The van der Waals surface area contributed by atoms with Gasteiger partial charge in [-0.3, -0.25) is 0 Å². The lowest BCUT2D eigenvalue weighted by Gasteiger charge is -2.08. The Labute approximate surface area is 133 Å². The number of ether oxygens (including phenoxy) is 3. The van der Waals surface area contributed by atoms with Crippen LogP contribution >= 0.6 is 0 Å². The van der Waals surface area contributed by atoms with E-state index >= 15 is 0 Å². The van der Waals surface area contributed by atoms with E-state index in [1.807, 2.05) is 18.2 Å². The van der Waals surface area contributed by atoms with Crippen LogP contribution in [0.15, 0.2) is 52.9 Å². The van der Waals surface area contributed by atoms with Crippen LogP contribution in [0.3, 0.4) is 0 Å². The van der Waals surface area contributed by atoms with Gasteiger partial charge in [0.1, 0.15) is 5.58 Å². The Balaban J connectivity index is 1.99. The quantitative estimate of drug-likeness (QED) is 0.529. The number of hydrogen-bond acceptors (Lipinski definition) is 5. The Morgan fingerprint density at radius 3 is 2.43 bits per heavy atom. The summed E-state index contributed by atoms with van der Waals surface area (Å²) in [7, 11) is 3.08. The summed E-state index contributed by atoms with van der Waals surface area (Å²) in [5.74, 6) is 0.366. The van der Waals surface area contributed by atoms with Crippen molar-refractivity contribution in [2.75, 3.05) is 14.2 Å². The van der Waals surface area contributed by atoms with Crippen LogP contribution in [0, 0.1) is 0 Å². The van der Waals surface area contributed by atoms with E-state index in [0.29, 0.717) is 22.6 Å². The SMILES string of the molecule is COCc1c(C(=O)Oc2ccccc2OC)oc2ccccc12. The number of rotatable bonds is 5. The summed E-state index contributed by atoms with van der Waals surface area (Å²) in [4.78, 5) is 12.5. The number of carbonyl (C=O) groups excluding carboxylic acids is 1. The second-order valence-electron chi connectivity index (χ2n) is 4.88. The lowest BCUT2D eigenvalue weighted by atomic mass is 10.1. The van der Waals surface area contributed by atoms with Crippen LogP contribution in [0.25, 0.3) is 11.0 Å². The van der Waals surface area contributed by atoms with Gasteiger partial charge in [0.15, 0.2) is 11.5 Å². The molecule has 5 nitrogen and oxygen atoms in total. The average Bonchev–Trinajstić information content (AvgIpc) is 2.95. The van der Waals surface area contributed by atoms with Crippen molar-refractivity contribution in [1.29, 1.82) is 0 Å². The highest BCUT2D eigenvalue weighted by Gasteiger charge is 2.23. The molecule has 2 aromatic carbocycles. The lowest BCUT2D eigenvalue weighted by molar-refractivity contribution is 0.0692. The number of para-hydroxylation sites is 3. The molecule has 3 aromatic rings. The summed E-state index contributed by atoms with van der Waals surface area (Å²) < 4.78 is 21.5. The van der Waals surface area contributed by atoms with Gasteiger partial charge in [-0.25, -0.2) is 4.79 Å². The molecule has 3 rings (SSSR count). The lowest BCUT2D eigenvalue weighted by Crippen LogP contribution is -2.10. The number of benzene rings is 2. The third-order valence-electron chi connectivity index (χ3n) is 3.44. The van der Waals surface area contributed by atoms with Crippen LogP contribution in [0.4, 0.5) is 0 Å². The Morgan fingerprint density at radius 1 is 1.00 bits per heavy atom. The number of carbonyl (C=O) groups is 1. The van der Waals surface area contributed by atoms with Crippen LogP contribution in [0.5, 0.6) is 11.5 Å². The zero-order chi connectivity index (χ0) is 16.2. The third-order valence-corrected chi connectivity index (χ3v) is 3.44. The molecule has 0 aliphatic heterocycles. The minimum Gasteiger partial charge on any atom is -0.493 e. The zero-order valence-corrected chi connectivity index (χ0v) is 12.9. The maximum Gasteiger partial charge on any atom is 0.380 e. The van der Waals surface area contributed by atoms with Crippen molar-refractivity contribution >= 4 is 16.9 Å². The molecule has 0 saturated heterocycles. The first-order valence-corrected chi connectivity index (χ1v) is 7.09. The summed E-state index contributed by atoms with van der Waals surface area (Å²) >= 11 is 0. The normalized spacial score (nSPS) is 10.7. The smallest absolute Gasteiger partial charge is 0.380 e. The molecule has 1 heterocycles. The van der Waals surface area contributed by atoms with E-state index < -0.39 is 5.97 Å². The van der Waals surface area contributed by atoms with Crippen LogP contribution in [-0.2, 0) is 11.3 Å². The van der Waals surface area contributed by atoms with Crippen molar-refractivity contribution in [2.45, 2.75) is 6.61 Å². The van der Waals surface area contributed by atoms with Crippen LogP contribution in [0.2, 0.25) is 0 Å². The summed E-state index contributed by atoms with van der Waals surface area (Å²) in [5.41, 5.74) is 1.29. The molecule has 0 fully saturated rings. The van der Waals surface area contributed by atoms with Crippen LogP contribution in [-0.4, -0.2) is 20.2 Å². The first-order valence-electron chi connectivity index (χ1n) is 7.09. The minimum absolute atomic E-state index is 0.138. The van der Waals surface area contributed by atoms with Crippen molar-refractivity contribution in [2.24, 2.45) is 0 Å². The van der Waals surface area contributed by atoms with Gasteiger partial charge < -0.3 is 18.6 Å². The molecule has 1 aromatic heterocycles. The molecule has 0 saturated carbocycles. The zero-order valence-electron chi connectivity index (χ0n) is 12.9. The molecule has 0 spiro atoms. The van der Waals surface area contributed by atoms with Crippen molar-refractivity contribution in [1.82, 2.24) is 0 Å². The van der Waals surface area contributed by atoms with Gasteiger partial charge in [0, 0.05) is 18.1 Å². The number of fused-ring (bicyclic) bond motifs is 1. The molecule has 0 amide bonds. The Kier molecular flexibility index (Phi) is 4.30. The van der Waals surface area contributed by atoms with E-state index in [9.17, 15) is 4.79 Å². The second kappa shape index (κ2) is 6.54. The summed E-state index contributed by atoms with van der Waals surface area (Å²) in [6.07, 6.45) is 0. The molecule has 5 heteroatoms. The standard InChI is InChI=1S/C18H16O5/c1-20-11-13-12-7-3-4-8-14(12)22-17(13)18(19)23-16-10-6-5-9-15(16)21-2/h3-10H,11H2,1-2H3. The molecule has 0 aliphatic carbocycles. The van der Waals surface area contributed by atoms with E-state index in [-0.39, 0.29) is 12.4 Å². The fraction of sp³-hybridized carbons (Fsp3) is 0.167. The topological polar surface area (TPSA) is 57.9 Å². The Bertz CT molecular complexity index is 834. The first-order chi connectivity index (χ1) is 11.2. The molecule has 118 valence electrons. The summed E-state index contributed by atoms with van der Waals surface area (Å²) in [6, 6.07) is 14.4. The van der Waals surface area contributed by atoms with Gasteiger partial charge in [0.05, 0.1) is 13.7 Å². The van der Waals surface area contributed by atoms with E-state index in [0.717, 1.165) is 5.39 Å². The number of methoxy groups -OCH3 is 2. The molecule has 23 heavy (non-hydrogen) atoms. The molecular weight excluding hydrogens is 296 g/mol. The fourth-order valence-corrected chi connectivity index (χ4v) is 2.40. The maximum atomic E-state index is 12.5. The fourth-order valence-electron chi connectivity index (χ4n) is 2.40. The van der Waals surface area contributed by atoms with E-state index in [1.54, 1.807) is 37.4 Å². The van der Waals surface area contributed by atoms with Crippen LogP contribution in [0.1, 0.15) is 16.1 Å². The highest BCUT2D eigenvalue weighted by molar-refractivity contribution is 5.97. The second-order valence-corrected chi connectivity index (χ2v) is 4.88. The number of furan rings is 1. The maximum absolute atomic E-state index is 12.5. The highest BCUT2D eigenvalue weighted by atomic mass is 16.6. The Hall–Kier alpha value is -2.79. The predicted molar refractivity (Wildman–Crippen MR) is 84.9 cm³/mol. The molecule has 0 unspecified atom stereocenters. The van der Waals surface area contributed by atoms with Gasteiger partial charge in [-0.1, -0.05) is 30.3 Å². The highest BCUT2D eigenvalue weighted by Crippen LogP contribution is 2.30. The molecule has 0 N–H and O–H groups in total. The largest absolute Gasteiger partial charge is 0.493 e. The molecule has 0 atom stereocenters. The molecule has 0 aliphatic rings. The number of hydrogen-bond donors (Lipinski definition) is 0. The van der Waals surface area contributed by atoms with Crippen molar-refractivity contribution in [3.05, 3.63) is 59.9 Å². The first kappa shape index (κ1) is 15.1. The van der Waals surface area contributed by atoms with Crippen LogP contribution < -0.4 is 9.47 Å². The minimum atomic E-state index is -0.585. The predicted octanol–water partition coefficient (Wildman–Crippen LogP) is 3.81. The van der Waals surface area contributed by atoms with Gasteiger partial charge in [-0.05, 0) is 18.2 Å². The van der Waals surface area contributed by atoms with Gasteiger partial charge in [0.2, 0.25) is 5.76 Å². The number of esters is 1. The average molecular weight is 312 g/mol. The third kappa shape index (κ3) is 2.91.